The zero-order chi connectivity index (χ0) is 19.7. The summed E-state index contributed by atoms with van der Waals surface area (Å²) in [4.78, 5) is 8.38. The van der Waals surface area contributed by atoms with Gasteiger partial charge in [-0.2, -0.15) is 0 Å². The Kier molecular flexibility index (Phi) is 5.31. The van der Waals surface area contributed by atoms with E-state index >= 15 is 0 Å². The molecule has 0 spiro atoms. The number of aromatic amines is 1. The second-order valence-corrected chi connectivity index (χ2v) is 8.23. The molecule has 1 N–H and O–H groups in total. The van der Waals surface area contributed by atoms with Crippen molar-refractivity contribution in [2.45, 2.75) is 32.8 Å². The molecule has 1 aliphatic rings. The van der Waals surface area contributed by atoms with Crippen molar-refractivity contribution in [2.75, 3.05) is 38.1 Å². The highest BCUT2D eigenvalue weighted by molar-refractivity contribution is 5.95. The molecule has 1 fully saturated rings. The van der Waals surface area contributed by atoms with Crippen LogP contribution in [-0.2, 0) is 0 Å². The monoisotopic (exact) mass is 377 g/mol. The summed E-state index contributed by atoms with van der Waals surface area (Å²) in [7, 11) is 2.19. The zero-order valence-electron chi connectivity index (χ0n) is 17.4. The van der Waals surface area contributed by atoms with Crippen LogP contribution in [0.5, 0.6) is 5.75 Å². The van der Waals surface area contributed by atoms with Crippen LogP contribution in [-0.4, -0.2) is 43.1 Å². The normalized spacial score (nSPS) is 16.7. The second-order valence-electron chi connectivity index (χ2n) is 8.23. The molecule has 2 aromatic carbocycles. The van der Waals surface area contributed by atoms with Crippen molar-refractivity contribution < 1.29 is 4.74 Å². The van der Waals surface area contributed by atoms with E-state index in [0.29, 0.717) is 5.92 Å². The minimum atomic E-state index is -0.0132. The predicted molar refractivity (Wildman–Crippen MR) is 118 cm³/mol. The molecule has 0 amide bonds. The molecule has 148 valence electrons. The second kappa shape index (κ2) is 7.88. The summed E-state index contributed by atoms with van der Waals surface area (Å²) in [6.45, 7) is 10.8. The first-order valence-electron chi connectivity index (χ1n) is 10.3. The Morgan fingerprint density at radius 2 is 1.64 bits per heavy atom. The van der Waals surface area contributed by atoms with Crippen LogP contribution in [0, 0.1) is 0 Å². The molecule has 0 saturated carbocycles. The number of anilines is 1. The van der Waals surface area contributed by atoms with Crippen molar-refractivity contribution in [3.8, 4) is 5.75 Å². The summed E-state index contributed by atoms with van der Waals surface area (Å²) < 4.78 is 6.30. The predicted octanol–water partition coefficient (Wildman–Crippen LogP) is 5.18. The van der Waals surface area contributed by atoms with E-state index in [1.807, 2.05) is 0 Å². The van der Waals surface area contributed by atoms with Gasteiger partial charge in [-0.3, -0.25) is 0 Å². The van der Waals surface area contributed by atoms with Crippen molar-refractivity contribution in [1.82, 2.24) is 9.88 Å². The lowest BCUT2D eigenvalue weighted by atomic mass is 10.1. The Morgan fingerprint density at radius 1 is 0.893 bits per heavy atom. The Labute approximate surface area is 168 Å². The van der Waals surface area contributed by atoms with E-state index in [-0.39, 0.29) is 6.10 Å². The lowest BCUT2D eigenvalue weighted by Crippen LogP contribution is -2.44. The summed E-state index contributed by atoms with van der Waals surface area (Å²) in [5.74, 6) is 1.41. The molecule has 1 atom stereocenters. The number of hydrogen-bond acceptors (Lipinski definition) is 3. The van der Waals surface area contributed by atoms with E-state index in [0.717, 1.165) is 37.6 Å². The van der Waals surface area contributed by atoms with Gasteiger partial charge in [0.05, 0.1) is 5.69 Å². The molecule has 28 heavy (non-hydrogen) atoms. The summed E-state index contributed by atoms with van der Waals surface area (Å²) >= 11 is 0. The van der Waals surface area contributed by atoms with E-state index in [4.69, 9.17) is 4.74 Å². The first kappa shape index (κ1) is 18.9. The zero-order valence-corrected chi connectivity index (χ0v) is 17.4. The lowest BCUT2D eigenvalue weighted by Gasteiger charge is -2.34. The molecule has 4 heteroatoms. The smallest absolute Gasteiger partial charge is 0.136 e. The Morgan fingerprint density at radius 3 is 2.36 bits per heavy atom. The number of hydrogen-bond donors (Lipinski definition) is 1. The molecule has 4 rings (SSSR count). The first-order valence-corrected chi connectivity index (χ1v) is 10.3. The van der Waals surface area contributed by atoms with Crippen LogP contribution >= 0.6 is 0 Å². The van der Waals surface area contributed by atoms with Gasteiger partial charge in [-0.05, 0) is 55.6 Å². The van der Waals surface area contributed by atoms with Gasteiger partial charge in [0, 0.05) is 42.9 Å². The van der Waals surface area contributed by atoms with Gasteiger partial charge in [0.1, 0.15) is 11.9 Å². The maximum absolute atomic E-state index is 6.30. The van der Waals surface area contributed by atoms with Crippen molar-refractivity contribution >= 4 is 16.5 Å². The number of rotatable bonds is 5. The number of aromatic nitrogens is 1. The number of nitrogens with one attached hydrogen (secondary N) is 1. The third kappa shape index (κ3) is 3.88. The van der Waals surface area contributed by atoms with Gasteiger partial charge >= 0.3 is 0 Å². The van der Waals surface area contributed by atoms with E-state index in [9.17, 15) is 0 Å². The van der Waals surface area contributed by atoms with E-state index in [2.05, 4.69) is 91.1 Å². The van der Waals surface area contributed by atoms with Gasteiger partial charge in [0.2, 0.25) is 0 Å². The highest BCUT2D eigenvalue weighted by Crippen LogP contribution is 2.32. The molecule has 2 heterocycles. The van der Waals surface area contributed by atoms with Gasteiger partial charge < -0.3 is 19.5 Å². The molecule has 0 bridgehead atoms. The molecular weight excluding hydrogens is 346 g/mol. The van der Waals surface area contributed by atoms with Gasteiger partial charge in [-0.15, -0.1) is 0 Å². The Hall–Kier alpha value is -2.46. The molecule has 1 unspecified atom stereocenters. The Balaban J connectivity index is 1.58. The van der Waals surface area contributed by atoms with Gasteiger partial charge in [-0.1, -0.05) is 32.0 Å². The standard InChI is InChI=1S/C24H31N3O/c1-17(2)22-10-11-23(25-22)18(3)28-20-9-8-19-6-5-7-24(21(19)16-20)27-14-12-26(4)13-15-27/h5-11,16-18,25H,12-15H2,1-4H3. The average molecular weight is 378 g/mol. The summed E-state index contributed by atoms with van der Waals surface area (Å²) in [5, 5.41) is 2.53. The number of nitrogens with zero attached hydrogens (tertiary/aromatic N) is 2. The third-order valence-electron chi connectivity index (χ3n) is 5.78. The highest BCUT2D eigenvalue weighted by Gasteiger charge is 2.17. The Bertz CT molecular complexity index is 938. The van der Waals surface area contributed by atoms with E-state index < -0.39 is 0 Å². The quantitative estimate of drug-likeness (QED) is 0.664. The van der Waals surface area contributed by atoms with Crippen LogP contribution in [0.25, 0.3) is 10.8 Å². The molecule has 4 nitrogen and oxygen atoms in total. The van der Waals surface area contributed by atoms with Crippen LogP contribution in [0.2, 0.25) is 0 Å². The van der Waals surface area contributed by atoms with Crippen molar-refractivity contribution in [3.05, 3.63) is 59.9 Å². The minimum absolute atomic E-state index is 0.0132. The maximum atomic E-state index is 6.30. The lowest BCUT2D eigenvalue weighted by molar-refractivity contribution is 0.222. The number of ether oxygens (including phenoxy) is 1. The van der Waals surface area contributed by atoms with Gasteiger partial charge in [0.15, 0.2) is 0 Å². The van der Waals surface area contributed by atoms with Crippen LogP contribution in [0.15, 0.2) is 48.5 Å². The number of likely N-dealkylation sites (N-methyl/N-ethyl adjacent to an activating group) is 1. The highest BCUT2D eigenvalue weighted by atomic mass is 16.5. The summed E-state index contributed by atoms with van der Waals surface area (Å²) in [5.41, 5.74) is 3.68. The number of H-pyrrole nitrogens is 1. The molecule has 1 aliphatic heterocycles. The molecule has 1 aromatic heterocycles. The van der Waals surface area contributed by atoms with Gasteiger partial charge in [-0.25, -0.2) is 0 Å². The van der Waals surface area contributed by atoms with Crippen LogP contribution in [0.4, 0.5) is 5.69 Å². The molecule has 3 aromatic rings. The molecule has 1 saturated heterocycles. The topological polar surface area (TPSA) is 31.5 Å². The van der Waals surface area contributed by atoms with Crippen LogP contribution in [0.3, 0.4) is 0 Å². The van der Waals surface area contributed by atoms with E-state index in [1.165, 1.54) is 22.2 Å². The average Bonchev–Trinajstić information content (AvgIpc) is 3.19. The fourth-order valence-electron chi connectivity index (χ4n) is 3.90. The number of fused-ring (bicyclic) bond motifs is 1. The minimum Gasteiger partial charge on any atom is -0.484 e. The van der Waals surface area contributed by atoms with Crippen molar-refractivity contribution in [3.63, 3.8) is 0 Å². The number of benzene rings is 2. The third-order valence-corrected chi connectivity index (χ3v) is 5.78. The summed E-state index contributed by atoms with van der Waals surface area (Å²) in [6, 6.07) is 17.3. The first-order chi connectivity index (χ1) is 13.5. The molecular formula is C24H31N3O. The largest absolute Gasteiger partial charge is 0.484 e. The van der Waals surface area contributed by atoms with Crippen molar-refractivity contribution in [1.29, 1.82) is 0 Å². The molecule has 0 aliphatic carbocycles. The molecule has 0 radical (unpaired) electrons. The van der Waals surface area contributed by atoms with Crippen LogP contribution in [0.1, 0.15) is 44.2 Å². The fraction of sp³-hybridized carbons (Fsp3) is 0.417. The van der Waals surface area contributed by atoms with Crippen LogP contribution < -0.4 is 9.64 Å². The SMILES string of the molecule is CC(C)c1ccc(C(C)Oc2ccc3cccc(N4CCN(C)CC4)c3c2)[nH]1. The van der Waals surface area contributed by atoms with Gasteiger partial charge in [0.25, 0.3) is 0 Å². The van der Waals surface area contributed by atoms with Crippen molar-refractivity contribution in [2.24, 2.45) is 0 Å². The number of piperazine rings is 1. The summed E-state index contributed by atoms with van der Waals surface area (Å²) in [6.07, 6.45) is -0.0132. The van der Waals surface area contributed by atoms with E-state index in [1.54, 1.807) is 0 Å². The maximum Gasteiger partial charge on any atom is 0.136 e. The fourth-order valence-corrected chi connectivity index (χ4v) is 3.90.